The van der Waals surface area contributed by atoms with Crippen LogP contribution in [0, 0.1) is 0 Å². The molecule has 0 saturated carbocycles. The molecule has 0 aliphatic carbocycles. The van der Waals surface area contributed by atoms with Gasteiger partial charge in [0, 0.05) is 25.4 Å². The number of carbonyl (C=O) groups excluding carboxylic acids is 1. The average molecular weight is 204 g/mol. The maximum Gasteiger partial charge on any atom is 0.236 e. The van der Waals surface area contributed by atoms with E-state index in [1.165, 1.54) is 0 Å². The van der Waals surface area contributed by atoms with Gasteiger partial charge < -0.3 is 10.2 Å². The largest absolute Gasteiger partial charge is 0.342 e. The van der Waals surface area contributed by atoms with Crippen LogP contribution in [-0.2, 0) is 4.79 Å². The summed E-state index contributed by atoms with van der Waals surface area (Å²) in [6.07, 6.45) is 2.06. The van der Waals surface area contributed by atoms with Gasteiger partial charge in [-0.05, 0) is 20.1 Å². The molecular formula is C9H20N2OS. The Hall–Kier alpha value is -0.220. The minimum absolute atomic E-state index is 0.200. The molecular weight excluding hydrogens is 184 g/mol. The van der Waals surface area contributed by atoms with E-state index in [1.54, 1.807) is 11.8 Å². The van der Waals surface area contributed by atoms with Gasteiger partial charge in [0.15, 0.2) is 0 Å². The van der Waals surface area contributed by atoms with Crippen molar-refractivity contribution in [1.29, 1.82) is 0 Å². The maximum absolute atomic E-state index is 11.4. The van der Waals surface area contributed by atoms with Gasteiger partial charge in [-0.2, -0.15) is 11.8 Å². The van der Waals surface area contributed by atoms with Crippen molar-refractivity contribution in [3.05, 3.63) is 0 Å². The summed E-state index contributed by atoms with van der Waals surface area (Å²) in [6, 6.07) is 0. The van der Waals surface area contributed by atoms with Crippen molar-refractivity contribution >= 4 is 17.7 Å². The van der Waals surface area contributed by atoms with Crippen molar-refractivity contribution in [3.63, 3.8) is 0 Å². The Bertz CT molecular complexity index is 138. The molecule has 0 aromatic rings. The third-order valence-electron chi connectivity index (χ3n) is 1.88. The predicted molar refractivity (Wildman–Crippen MR) is 59.2 cm³/mol. The van der Waals surface area contributed by atoms with E-state index in [9.17, 15) is 4.79 Å². The van der Waals surface area contributed by atoms with Crippen molar-refractivity contribution in [2.24, 2.45) is 0 Å². The summed E-state index contributed by atoms with van der Waals surface area (Å²) in [6.45, 7) is 7.00. The Morgan fingerprint density at radius 3 is 2.46 bits per heavy atom. The smallest absolute Gasteiger partial charge is 0.236 e. The van der Waals surface area contributed by atoms with Crippen molar-refractivity contribution in [3.8, 4) is 0 Å². The molecule has 3 nitrogen and oxygen atoms in total. The summed E-state index contributed by atoms with van der Waals surface area (Å²) in [7, 11) is 0. The van der Waals surface area contributed by atoms with Crippen molar-refractivity contribution < 1.29 is 4.79 Å². The SMILES string of the molecule is CCN(CC)C(=O)CNCCSC. The van der Waals surface area contributed by atoms with Crippen LogP contribution in [0.15, 0.2) is 0 Å². The first-order valence-corrected chi connectivity index (χ1v) is 6.13. The van der Waals surface area contributed by atoms with Crippen LogP contribution in [0.2, 0.25) is 0 Å². The lowest BCUT2D eigenvalue weighted by Crippen LogP contribution is -2.38. The number of thioether (sulfide) groups is 1. The minimum atomic E-state index is 0.200. The highest BCUT2D eigenvalue weighted by molar-refractivity contribution is 7.98. The third kappa shape index (κ3) is 5.93. The number of hydrogen-bond acceptors (Lipinski definition) is 3. The topological polar surface area (TPSA) is 32.3 Å². The molecule has 13 heavy (non-hydrogen) atoms. The summed E-state index contributed by atoms with van der Waals surface area (Å²) < 4.78 is 0. The van der Waals surface area contributed by atoms with E-state index in [1.807, 2.05) is 18.7 Å². The molecule has 4 heteroatoms. The molecule has 0 spiro atoms. The Labute approximate surface area is 85.3 Å². The fourth-order valence-electron chi connectivity index (χ4n) is 1.06. The second-order valence-electron chi connectivity index (χ2n) is 2.74. The Balaban J connectivity index is 3.48. The minimum Gasteiger partial charge on any atom is -0.342 e. The lowest BCUT2D eigenvalue weighted by molar-refractivity contribution is -0.129. The number of nitrogens with one attached hydrogen (secondary N) is 1. The van der Waals surface area contributed by atoms with Gasteiger partial charge in [0.2, 0.25) is 5.91 Å². The number of rotatable bonds is 7. The van der Waals surface area contributed by atoms with Gasteiger partial charge in [0.25, 0.3) is 0 Å². The van der Waals surface area contributed by atoms with Gasteiger partial charge >= 0.3 is 0 Å². The van der Waals surface area contributed by atoms with E-state index in [0.717, 1.165) is 25.4 Å². The third-order valence-corrected chi connectivity index (χ3v) is 2.49. The fraction of sp³-hybridized carbons (Fsp3) is 0.889. The van der Waals surface area contributed by atoms with Gasteiger partial charge in [-0.25, -0.2) is 0 Å². The molecule has 0 heterocycles. The molecule has 0 fully saturated rings. The Kier molecular flexibility index (Phi) is 8.24. The first kappa shape index (κ1) is 12.8. The molecule has 0 aliphatic heterocycles. The number of carbonyl (C=O) groups is 1. The lowest BCUT2D eigenvalue weighted by atomic mass is 10.4. The van der Waals surface area contributed by atoms with Gasteiger partial charge in [0.05, 0.1) is 6.54 Å². The Morgan fingerprint density at radius 1 is 1.38 bits per heavy atom. The summed E-state index contributed by atoms with van der Waals surface area (Å²) in [4.78, 5) is 13.3. The molecule has 0 aliphatic rings. The molecule has 0 aromatic carbocycles. The van der Waals surface area contributed by atoms with E-state index >= 15 is 0 Å². The molecule has 78 valence electrons. The van der Waals surface area contributed by atoms with E-state index in [-0.39, 0.29) is 5.91 Å². The number of likely N-dealkylation sites (N-methyl/N-ethyl adjacent to an activating group) is 1. The van der Waals surface area contributed by atoms with Crippen LogP contribution in [0.1, 0.15) is 13.8 Å². The molecule has 0 aromatic heterocycles. The highest BCUT2D eigenvalue weighted by Crippen LogP contribution is 1.89. The highest BCUT2D eigenvalue weighted by atomic mass is 32.2. The fourth-order valence-corrected chi connectivity index (χ4v) is 1.41. The van der Waals surface area contributed by atoms with Crippen LogP contribution >= 0.6 is 11.8 Å². The Morgan fingerprint density at radius 2 is 2.00 bits per heavy atom. The predicted octanol–water partition coefficient (Wildman–Crippen LogP) is 0.807. The summed E-state index contributed by atoms with van der Waals surface area (Å²) in [5.41, 5.74) is 0. The van der Waals surface area contributed by atoms with Crippen LogP contribution in [0.5, 0.6) is 0 Å². The van der Waals surface area contributed by atoms with Crippen molar-refractivity contribution in [2.75, 3.05) is 38.2 Å². The van der Waals surface area contributed by atoms with Gasteiger partial charge in [-0.15, -0.1) is 0 Å². The molecule has 0 radical (unpaired) electrons. The standard InChI is InChI=1S/C9H20N2OS/c1-4-11(5-2)9(12)8-10-6-7-13-3/h10H,4-8H2,1-3H3. The summed E-state index contributed by atoms with van der Waals surface area (Å²) in [5.74, 6) is 1.26. The first-order chi connectivity index (χ1) is 6.26. The normalized spacial score (nSPS) is 10.1. The van der Waals surface area contributed by atoms with E-state index in [4.69, 9.17) is 0 Å². The number of amides is 1. The quantitative estimate of drug-likeness (QED) is 0.623. The van der Waals surface area contributed by atoms with Crippen LogP contribution < -0.4 is 5.32 Å². The van der Waals surface area contributed by atoms with Crippen LogP contribution in [0.25, 0.3) is 0 Å². The zero-order chi connectivity index (χ0) is 10.1. The summed E-state index contributed by atoms with van der Waals surface area (Å²) in [5, 5.41) is 3.12. The van der Waals surface area contributed by atoms with Crippen molar-refractivity contribution in [2.45, 2.75) is 13.8 Å². The van der Waals surface area contributed by atoms with Crippen LogP contribution in [-0.4, -0.2) is 49.0 Å². The molecule has 0 saturated heterocycles. The second-order valence-corrected chi connectivity index (χ2v) is 3.72. The average Bonchev–Trinajstić information content (AvgIpc) is 2.14. The van der Waals surface area contributed by atoms with Crippen LogP contribution in [0.3, 0.4) is 0 Å². The second kappa shape index (κ2) is 8.38. The number of hydrogen-bond donors (Lipinski definition) is 1. The van der Waals surface area contributed by atoms with E-state index in [2.05, 4.69) is 11.6 Å². The lowest BCUT2D eigenvalue weighted by Gasteiger charge is -2.18. The highest BCUT2D eigenvalue weighted by Gasteiger charge is 2.07. The first-order valence-electron chi connectivity index (χ1n) is 4.73. The van der Waals surface area contributed by atoms with Crippen LogP contribution in [0.4, 0.5) is 0 Å². The molecule has 0 unspecified atom stereocenters. The molecule has 0 rings (SSSR count). The number of nitrogens with zero attached hydrogens (tertiary/aromatic N) is 1. The van der Waals surface area contributed by atoms with E-state index in [0.29, 0.717) is 6.54 Å². The molecule has 0 atom stereocenters. The van der Waals surface area contributed by atoms with Gasteiger partial charge in [-0.3, -0.25) is 4.79 Å². The van der Waals surface area contributed by atoms with Crippen molar-refractivity contribution in [1.82, 2.24) is 10.2 Å². The molecule has 0 bridgehead atoms. The van der Waals surface area contributed by atoms with E-state index < -0.39 is 0 Å². The zero-order valence-electron chi connectivity index (χ0n) is 8.80. The zero-order valence-corrected chi connectivity index (χ0v) is 9.62. The molecule has 1 N–H and O–H groups in total. The monoisotopic (exact) mass is 204 g/mol. The maximum atomic E-state index is 11.4. The van der Waals surface area contributed by atoms with Gasteiger partial charge in [0.1, 0.15) is 0 Å². The van der Waals surface area contributed by atoms with Gasteiger partial charge in [-0.1, -0.05) is 0 Å². The molecule has 1 amide bonds. The summed E-state index contributed by atoms with van der Waals surface area (Å²) >= 11 is 1.79.